The Bertz CT molecular complexity index is 1340. The molecule has 8 nitrogen and oxygen atoms in total. The smallest absolute Gasteiger partial charge is 0.264 e. The largest absolute Gasteiger partial charge is 0.497 e. The van der Waals surface area contributed by atoms with Crippen molar-refractivity contribution < 1.29 is 23.0 Å². The number of aromatic nitrogens is 1. The molecule has 3 aromatic rings. The van der Waals surface area contributed by atoms with Gasteiger partial charge in [0.25, 0.3) is 10.0 Å². The second-order valence-electron chi connectivity index (χ2n) is 10.4. The summed E-state index contributed by atoms with van der Waals surface area (Å²) in [5, 5.41) is 11.9. The van der Waals surface area contributed by atoms with Gasteiger partial charge in [-0.15, -0.1) is 0 Å². The first-order valence-electron chi connectivity index (χ1n) is 13.6. The van der Waals surface area contributed by atoms with Gasteiger partial charge in [0.15, 0.2) is 0 Å². The Morgan fingerprint density at radius 1 is 0.923 bits per heavy atom. The maximum absolute atomic E-state index is 14.1. The lowest BCUT2D eigenvalue weighted by atomic mass is 9.74. The van der Waals surface area contributed by atoms with Crippen LogP contribution in [0.2, 0.25) is 0 Å². The number of nitrogens with zero attached hydrogens (tertiary/aromatic N) is 3. The fraction of sp³-hybridized carbons (Fsp3) is 0.433. The highest BCUT2D eigenvalue weighted by molar-refractivity contribution is 7.92. The number of ether oxygens (including phenoxy) is 2. The van der Waals surface area contributed by atoms with Gasteiger partial charge in [0, 0.05) is 43.6 Å². The first-order chi connectivity index (χ1) is 18.9. The van der Waals surface area contributed by atoms with Crippen LogP contribution in [0.4, 0.5) is 5.69 Å². The Morgan fingerprint density at radius 2 is 1.62 bits per heavy atom. The van der Waals surface area contributed by atoms with Gasteiger partial charge >= 0.3 is 0 Å². The Labute approximate surface area is 231 Å². The molecule has 1 saturated carbocycles. The summed E-state index contributed by atoms with van der Waals surface area (Å²) in [6, 6.07) is 17.3. The van der Waals surface area contributed by atoms with Gasteiger partial charge in [-0.1, -0.05) is 18.9 Å². The van der Waals surface area contributed by atoms with Gasteiger partial charge in [0.1, 0.15) is 17.1 Å². The molecule has 0 radical (unpaired) electrons. The lowest BCUT2D eigenvalue weighted by molar-refractivity contribution is -0.0849. The van der Waals surface area contributed by atoms with Crippen molar-refractivity contribution in [1.82, 2.24) is 9.88 Å². The van der Waals surface area contributed by atoms with E-state index in [1.165, 1.54) is 0 Å². The molecule has 0 spiro atoms. The fourth-order valence-electron chi connectivity index (χ4n) is 6.19. The van der Waals surface area contributed by atoms with E-state index in [0.29, 0.717) is 49.5 Å². The summed E-state index contributed by atoms with van der Waals surface area (Å²) in [6.07, 6.45) is 8.44. The average Bonchev–Trinajstić information content (AvgIpc) is 2.98. The maximum Gasteiger partial charge on any atom is 0.264 e. The molecule has 2 aromatic carbocycles. The summed E-state index contributed by atoms with van der Waals surface area (Å²) in [7, 11) is -0.730. The van der Waals surface area contributed by atoms with E-state index in [1.807, 2.05) is 30.3 Å². The number of methoxy groups -OCH3 is 2. The molecule has 0 unspecified atom stereocenters. The van der Waals surface area contributed by atoms with Crippen molar-refractivity contribution in [2.45, 2.75) is 61.1 Å². The summed E-state index contributed by atoms with van der Waals surface area (Å²) in [4.78, 5) is 6.71. The first-order valence-corrected chi connectivity index (χ1v) is 15.0. The van der Waals surface area contributed by atoms with Gasteiger partial charge in [-0.3, -0.25) is 14.2 Å². The molecule has 1 aromatic heterocycles. The van der Waals surface area contributed by atoms with E-state index < -0.39 is 15.6 Å². The number of pyridine rings is 1. The lowest BCUT2D eigenvalue weighted by Crippen LogP contribution is -2.57. The molecule has 2 fully saturated rings. The third kappa shape index (κ3) is 5.48. The maximum atomic E-state index is 14.1. The highest BCUT2D eigenvalue weighted by atomic mass is 32.2. The third-order valence-electron chi connectivity index (χ3n) is 8.21. The number of hydrogen-bond acceptors (Lipinski definition) is 7. The van der Waals surface area contributed by atoms with E-state index >= 15 is 0 Å². The highest BCUT2D eigenvalue weighted by Crippen LogP contribution is 2.42. The first kappa shape index (κ1) is 27.4. The molecule has 1 N–H and O–H groups in total. The third-order valence-corrected chi connectivity index (χ3v) is 10.1. The number of likely N-dealkylation sites (tertiary alicyclic amines) is 1. The summed E-state index contributed by atoms with van der Waals surface area (Å²) in [5.41, 5.74) is 0.550. The zero-order chi connectivity index (χ0) is 27.5. The Morgan fingerprint density at radius 3 is 2.28 bits per heavy atom. The van der Waals surface area contributed by atoms with Gasteiger partial charge in [-0.25, -0.2) is 8.42 Å². The van der Waals surface area contributed by atoms with Crippen LogP contribution in [0.1, 0.15) is 44.1 Å². The number of rotatable bonds is 8. The fourth-order valence-corrected chi connectivity index (χ4v) is 7.89. The number of anilines is 1. The second kappa shape index (κ2) is 11.5. The predicted molar refractivity (Wildman–Crippen MR) is 151 cm³/mol. The van der Waals surface area contributed by atoms with Crippen LogP contribution in [-0.2, 0) is 15.6 Å². The molecule has 0 bridgehead atoms. The summed E-state index contributed by atoms with van der Waals surface area (Å²) >= 11 is 0. The van der Waals surface area contributed by atoms with Gasteiger partial charge < -0.3 is 14.6 Å². The van der Waals surface area contributed by atoms with Crippen LogP contribution in [-0.4, -0.2) is 62.8 Å². The predicted octanol–water partition coefficient (Wildman–Crippen LogP) is 4.59. The molecule has 208 valence electrons. The van der Waals surface area contributed by atoms with Crippen LogP contribution in [0.3, 0.4) is 0 Å². The van der Waals surface area contributed by atoms with Crippen LogP contribution in [0, 0.1) is 0 Å². The van der Waals surface area contributed by atoms with Crippen LogP contribution in [0.15, 0.2) is 78.0 Å². The van der Waals surface area contributed by atoms with Crippen molar-refractivity contribution in [3.63, 3.8) is 0 Å². The van der Waals surface area contributed by atoms with E-state index in [9.17, 15) is 13.5 Å². The highest BCUT2D eigenvalue weighted by Gasteiger charge is 2.45. The number of benzene rings is 2. The van der Waals surface area contributed by atoms with Crippen molar-refractivity contribution in [2.75, 3.05) is 31.6 Å². The molecule has 1 saturated heterocycles. The number of hydrogen-bond donors (Lipinski definition) is 1. The standard InChI is InChI=1S/C30H37N3O5S/c1-37-26-9-11-28(12-10-26)39(35,36)33(25-6-5-7-27(22-25)38-2)24-15-20-32(21-16-24)29-8-3-4-17-30(29,34)23-13-18-31-19-14-23/h5-7,9-14,18-19,22,24,29,34H,3-4,8,15-17,20-21H2,1-2H3/t29-,30+/m1/s1. The molecule has 9 heteroatoms. The summed E-state index contributed by atoms with van der Waals surface area (Å²) < 4.78 is 40.4. The van der Waals surface area contributed by atoms with Gasteiger partial charge in [-0.2, -0.15) is 0 Å². The van der Waals surface area contributed by atoms with Gasteiger partial charge in [0.05, 0.1) is 24.8 Å². The number of aliphatic hydroxyl groups is 1. The molecule has 2 atom stereocenters. The van der Waals surface area contributed by atoms with E-state index in [2.05, 4.69) is 9.88 Å². The zero-order valence-electron chi connectivity index (χ0n) is 22.6. The van der Waals surface area contributed by atoms with Crippen LogP contribution in [0.5, 0.6) is 11.5 Å². The monoisotopic (exact) mass is 551 g/mol. The normalized spacial score (nSPS) is 22.8. The molecule has 5 rings (SSSR count). The van der Waals surface area contributed by atoms with E-state index in [4.69, 9.17) is 9.47 Å². The topological polar surface area (TPSA) is 92.2 Å². The Balaban J connectivity index is 1.42. The molecule has 39 heavy (non-hydrogen) atoms. The molecular formula is C30H37N3O5S. The average molecular weight is 552 g/mol. The minimum atomic E-state index is -3.86. The van der Waals surface area contributed by atoms with Crippen molar-refractivity contribution >= 4 is 15.7 Å². The molecule has 1 aliphatic carbocycles. The van der Waals surface area contributed by atoms with Crippen molar-refractivity contribution in [3.05, 3.63) is 78.6 Å². The Kier molecular flexibility index (Phi) is 8.11. The minimum Gasteiger partial charge on any atom is -0.497 e. The van der Waals surface area contributed by atoms with E-state index in [-0.39, 0.29) is 17.0 Å². The summed E-state index contributed by atoms with van der Waals surface area (Å²) in [5.74, 6) is 1.20. The zero-order valence-corrected chi connectivity index (χ0v) is 23.4. The quantitative estimate of drug-likeness (QED) is 0.438. The van der Waals surface area contributed by atoms with Crippen LogP contribution >= 0.6 is 0 Å². The molecular weight excluding hydrogens is 514 g/mol. The number of piperidine rings is 1. The number of sulfonamides is 1. The molecule has 1 aliphatic heterocycles. The van der Waals surface area contributed by atoms with Crippen molar-refractivity contribution in [1.29, 1.82) is 0 Å². The lowest BCUT2D eigenvalue weighted by Gasteiger charge is -2.49. The van der Waals surface area contributed by atoms with Crippen molar-refractivity contribution in [2.24, 2.45) is 0 Å². The van der Waals surface area contributed by atoms with Crippen LogP contribution in [0.25, 0.3) is 0 Å². The van der Waals surface area contributed by atoms with Crippen molar-refractivity contribution in [3.8, 4) is 11.5 Å². The Hall–Kier alpha value is -3.14. The SMILES string of the molecule is COc1ccc(S(=O)(=O)N(c2cccc(OC)c2)C2CCN([C@@H]3CCCC[C@]3(O)c3ccncc3)CC2)cc1. The van der Waals surface area contributed by atoms with Gasteiger partial charge in [-0.05, 0) is 79.8 Å². The second-order valence-corrected chi connectivity index (χ2v) is 12.2. The molecule has 2 aliphatic rings. The van der Waals surface area contributed by atoms with Crippen LogP contribution < -0.4 is 13.8 Å². The minimum absolute atomic E-state index is 0.0157. The van der Waals surface area contributed by atoms with Gasteiger partial charge in [0.2, 0.25) is 0 Å². The van der Waals surface area contributed by atoms with E-state index in [0.717, 1.165) is 24.8 Å². The van der Waals surface area contributed by atoms with E-state index in [1.54, 1.807) is 61.3 Å². The molecule has 2 heterocycles. The molecule has 0 amide bonds. The summed E-state index contributed by atoms with van der Waals surface area (Å²) in [6.45, 7) is 1.39.